The molecule has 0 atom stereocenters. The first-order chi connectivity index (χ1) is 12.0. The van der Waals surface area contributed by atoms with Crippen LogP contribution in [0.5, 0.6) is 0 Å². The quantitative estimate of drug-likeness (QED) is 0.710. The molecule has 0 radical (unpaired) electrons. The second-order valence-corrected chi connectivity index (χ2v) is 7.52. The third-order valence-electron chi connectivity index (χ3n) is 4.28. The molecule has 128 valence electrons. The Balaban J connectivity index is 2.13. The van der Waals surface area contributed by atoms with Crippen LogP contribution >= 0.6 is 23.4 Å². The van der Waals surface area contributed by atoms with Crippen molar-refractivity contribution in [2.45, 2.75) is 20.8 Å². The van der Waals surface area contributed by atoms with E-state index in [2.05, 4.69) is 0 Å². The zero-order valence-electron chi connectivity index (χ0n) is 14.3. The largest absolute Gasteiger partial charge is 0.272 e. The highest BCUT2D eigenvalue weighted by atomic mass is 35.5. The lowest BCUT2D eigenvalue weighted by molar-refractivity contribution is -0.119. The minimum absolute atomic E-state index is 0.254. The van der Waals surface area contributed by atoms with Crippen molar-refractivity contribution >= 4 is 46.4 Å². The van der Waals surface area contributed by atoms with Gasteiger partial charge in [-0.25, -0.2) is 4.90 Å². The van der Waals surface area contributed by atoms with Crippen LogP contribution in [-0.2, 0) is 9.59 Å². The highest BCUT2D eigenvalue weighted by Gasteiger charge is 2.40. The van der Waals surface area contributed by atoms with E-state index in [1.807, 2.05) is 39.0 Å². The molecule has 5 heteroatoms. The maximum absolute atomic E-state index is 13.2. The Hall–Kier alpha value is -2.04. The van der Waals surface area contributed by atoms with E-state index in [0.717, 1.165) is 11.1 Å². The van der Waals surface area contributed by atoms with Crippen LogP contribution in [0.2, 0.25) is 5.02 Å². The first kappa shape index (κ1) is 17.8. The van der Waals surface area contributed by atoms with Crippen LogP contribution in [0.4, 0.5) is 5.69 Å². The molecule has 1 aliphatic heterocycles. The minimum Gasteiger partial charge on any atom is -0.268 e. The number of amides is 2. The van der Waals surface area contributed by atoms with E-state index in [4.69, 9.17) is 11.6 Å². The van der Waals surface area contributed by atoms with E-state index in [1.165, 1.54) is 16.7 Å². The highest BCUT2D eigenvalue weighted by molar-refractivity contribution is 8.04. The Kier molecular flexibility index (Phi) is 5.02. The number of carbonyl (C=O) groups excluding carboxylic acids is 2. The number of thioether (sulfide) groups is 1. The molecule has 1 heterocycles. The van der Waals surface area contributed by atoms with Crippen molar-refractivity contribution < 1.29 is 9.59 Å². The molecule has 0 N–H and O–H groups in total. The van der Waals surface area contributed by atoms with Crippen molar-refractivity contribution in [1.82, 2.24) is 0 Å². The number of aryl methyl sites for hydroxylation is 1. The predicted octanol–water partition coefficient (Wildman–Crippen LogP) is 4.99. The summed E-state index contributed by atoms with van der Waals surface area (Å²) in [5.74, 6) is 0.180. The Morgan fingerprint density at radius 1 is 1.00 bits per heavy atom. The fourth-order valence-corrected chi connectivity index (χ4v) is 3.83. The molecule has 0 unspecified atom stereocenters. The molecule has 2 amide bonds. The zero-order chi connectivity index (χ0) is 18.1. The topological polar surface area (TPSA) is 37.4 Å². The van der Waals surface area contributed by atoms with Gasteiger partial charge in [0, 0.05) is 5.02 Å². The Morgan fingerprint density at radius 3 is 2.32 bits per heavy atom. The number of nitrogens with zero attached hydrogens (tertiary/aromatic N) is 1. The molecule has 0 aromatic heterocycles. The minimum atomic E-state index is -0.281. The molecule has 0 bridgehead atoms. The van der Waals surface area contributed by atoms with Gasteiger partial charge in [-0.05, 0) is 54.5 Å². The molecule has 3 rings (SSSR count). The summed E-state index contributed by atoms with van der Waals surface area (Å²) in [6, 6.07) is 12.7. The Labute approximate surface area is 156 Å². The van der Waals surface area contributed by atoms with Gasteiger partial charge < -0.3 is 0 Å². The summed E-state index contributed by atoms with van der Waals surface area (Å²) < 4.78 is 0. The van der Waals surface area contributed by atoms with Crippen LogP contribution in [0, 0.1) is 13.8 Å². The molecule has 0 fully saturated rings. The van der Waals surface area contributed by atoms with Crippen molar-refractivity contribution in [2.24, 2.45) is 0 Å². The molecule has 2 aromatic rings. The van der Waals surface area contributed by atoms with Crippen molar-refractivity contribution in [1.29, 1.82) is 0 Å². The number of imide groups is 1. The van der Waals surface area contributed by atoms with Crippen LogP contribution in [0.3, 0.4) is 0 Å². The number of benzene rings is 2. The molecule has 2 aromatic carbocycles. The Bertz CT molecular complexity index is 887. The smallest absolute Gasteiger partial charge is 0.268 e. The van der Waals surface area contributed by atoms with Gasteiger partial charge in [0.15, 0.2) is 0 Å². The van der Waals surface area contributed by atoms with Crippen LogP contribution in [-0.4, -0.2) is 17.6 Å². The van der Waals surface area contributed by atoms with Crippen molar-refractivity contribution in [3.05, 3.63) is 69.1 Å². The fourth-order valence-electron chi connectivity index (χ4n) is 2.86. The summed E-state index contributed by atoms with van der Waals surface area (Å²) in [5.41, 5.74) is 3.79. The summed E-state index contributed by atoms with van der Waals surface area (Å²) in [5, 5.41) is 0.595. The average molecular weight is 372 g/mol. The summed E-state index contributed by atoms with van der Waals surface area (Å²) in [6.45, 7) is 5.87. The van der Waals surface area contributed by atoms with Gasteiger partial charge in [-0.2, -0.15) is 0 Å². The van der Waals surface area contributed by atoms with E-state index in [1.54, 1.807) is 24.3 Å². The highest BCUT2D eigenvalue weighted by Crippen LogP contribution is 2.39. The van der Waals surface area contributed by atoms with Crippen molar-refractivity contribution in [3.8, 4) is 0 Å². The van der Waals surface area contributed by atoms with Crippen LogP contribution < -0.4 is 4.90 Å². The van der Waals surface area contributed by atoms with Crippen LogP contribution in [0.25, 0.3) is 5.57 Å². The van der Waals surface area contributed by atoms with Gasteiger partial charge >= 0.3 is 0 Å². The standard InChI is InChI=1S/C20H18ClNO2S/c1-4-25-18-17(14-8-10-15(21)11-9-14)19(23)22(20(18)24)16-7-5-6-12(2)13(16)3/h5-11H,4H2,1-3H3. The molecular weight excluding hydrogens is 354 g/mol. The van der Waals surface area contributed by atoms with Crippen molar-refractivity contribution in [3.63, 3.8) is 0 Å². The fraction of sp³-hybridized carbons (Fsp3) is 0.200. The molecule has 1 aliphatic rings. The van der Waals surface area contributed by atoms with E-state index in [0.29, 0.717) is 32.5 Å². The average Bonchev–Trinajstić information content (AvgIpc) is 2.83. The SMILES string of the molecule is CCSC1=C(c2ccc(Cl)cc2)C(=O)N(c2cccc(C)c2C)C1=O. The number of rotatable bonds is 4. The molecule has 3 nitrogen and oxygen atoms in total. The second-order valence-electron chi connectivity index (χ2n) is 5.81. The summed E-state index contributed by atoms with van der Waals surface area (Å²) >= 11 is 7.36. The number of carbonyl (C=O) groups is 2. The first-order valence-corrected chi connectivity index (χ1v) is 9.40. The molecule has 0 saturated carbocycles. The van der Waals surface area contributed by atoms with Gasteiger partial charge in [-0.1, -0.05) is 42.8 Å². The predicted molar refractivity (Wildman–Crippen MR) is 105 cm³/mol. The lowest BCUT2D eigenvalue weighted by Gasteiger charge is -2.19. The van der Waals surface area contributed by atoms with E-state index >= 15 is 0 Å². The van der Waals surface area contributed by atoms with Gasteiger partial charge in [0.1, 0.15) is 0 Å². The molecular formula is C20H18ClNO2S. The number of halogens is 1. The van der Waals surface area contributed by atoms with Gasteiger partial charge in [-0.3, -0.25) is 9.59 Å². The van der Waals surface area contributed by atoms with Gasteiger partial charge in [0.25, 0.3) is 11.8 Å². The van der Waals surface area contributed by atoms with Crippen LogP contribution in [0.15, 0.2) is 47.4 Å². The normalized spacial score (nSPS) is 14.6. The first-order valence-electron chi connectivity index (χ1n) is 8.03. The second kappa shape index (κ2) is 7.06. The summed E-state index contributed by atoms with van der Waals surface area (Å²) in [6.07, 6.45) is 0. The summed E-state index contributed by atoms with van der Waals surface area (Å²) in [4.78, 5) is 28.0. The lowest BCUT2D eigenvalue weighted by atomic mass is 10.1. The molecule has 0 saturated heterocycles. The maximum Gasteiger partial charge on any atom is 0.272 e. The third-order valence-corrected chi connectivity index (χ3v) is 5.49. The van der Waals surface area contributed by atoms with E-state index in [9.17, 15) is 9.59 Å². The van der Waals surface area contributed by atoms with E-state index < -0.39 is 0 Å². The van der Waals surface area contributed by atoms with Gasteiger partial charge in [0.2, 0.25) is 0 Å². The van der Waals surface area contributed by atoms with Crippen LogP contribution in [0.1, 0.15) is 23.6 Å². The zero-order valence-corrected chi connectivity index (χ0v) is 15.9. The number of hydrogen-bond acceptors (Lipinski definition) is 3. The number of hydrogen-bond donors (Lipinski definition) is 0. The number of anilines is 1. The van der Waals surface area contributed by atoms with E-state index in [-0.39, 0.29) is 11.8 Å². The lowest BCUT2D eigenvalue weighted by Crippen LogP contribution is -2.32. The maximum atomic E-state index is 13.2. The van der Waals surface area contributed by atoms with Crippen molar-refractivity contribution in [2.75, 3.05) is 10.7 Å². The Morgan fingerprint density at radius 2 is 1.68 bits per heavy atom. The molecule has 25 heavy (non-hydrogen) atoms. The monoisotopic (exact) mass is 371 g/mol. The summed E-state index contributed by atoms with van der Waals surface area (Å²) in [7, 11) is 0. The third kappa shape index (κ3) is 3.12. The van der Waals surface area contributed by atoms with Gasteiger partial charge in [0.05, 0.1) is 16.2 Å². The molecule has 0 aliphatic carbocycles. The molecule has 0 spiro atoms. The van der Waals surface area contributed by atoms with Gasteiger partial charge in [-0.15, -0.1) is 11.8 Å².